The Bertz CT molecular complexity index is 1040. The number of carboxylic acid groups (broad SMARTS) is 1. The van der Waals surface area contributed by atoms with Crippen molar-refractivity contribution in [2.24, 2.45) is 5.41 Å². The fourth-order valence-corrected chi connectivity index (χ4v) is 4.51. The fourth-order valence-electron chi connectivity index (χ4n) is 4.51. The standard InChI is InChI=1S/C24H30N4O3/c1-17(27(2)3)22(28-13-12-25-26-28)20-7-6-19-15-21(9-8-18(19)14-20)31-16-24(23(29)30)10-4-5-11-24/h6-9,12-15,17,22H,4-5,10-11,16H2,1-3H3,(H,29,30). The summed E-state index contributed by atoms with van der Waals surface area (Å²) in [6, 6.07) is 12.6. The highest BCUT2D eigenvalue weighted by Gasteiger charge is 2.42. The summed E-state index contributed by atoms with van der Waals surface area (Å²) in [5, 5.41) is 20.1. The zero-order valence-electron chi connectivity index (χ0n) is 18.4. The molecule has 1 aliphatic rings. The van der Waals surface area contributed by atoms with Crippen LogP contribution in [0.1, 0.15) is 44.2 Å². The molecule has 0 aliphatic heterocycles. The Labute approximate surface area is 182 Å². The predicted molar refractivity (Wildman–Crippen MR) is 119 cm³/mol. The van der Waals surface area contributed by atoms with E-state index in [1.54, 1.807) is 6.20 Å². The van der Waals surface area contributed by atoms with Crippen molar-refractivity contribution in [3.8, 4) is 5.75 Å². The van der Waals surface area contributed by atoms with Gasteiger partial charge in [-0.15, -0.1) is 5.10 Å². The number of benzene rings is 2. The first-order chi connectivity index (χ1) is 14.9. The zero-order valence-corrected chi connectivity index (χ0v) is 18.4. The molecule has 7 nitrogen and oxygen atoms in total. The largest absolute Gasteiger partial charge is 0.492 e. The van der Waals surface area contributed by atoms with E-state index < -0.39 is 11.4 Å². The number of carbonyl (C=O) groups is 1. The molecule has 2 atom stereocenters. The van der Waals surface area contributed by atoms with Gasteiger partial charge in [-0.1, -0.05) is 36.3 Å². The quantitative estimate of drug-likeness (QED) is 0.591. The number of hydrogen-bond donors (Lipinski definition) is 1. The number of fused-ring (bicyclic) bond motifs is 1. The molecular formula is C24H30N4O3. The fraction of sp³-hybridized carbons (Fsp3) is 0.458. The number of nitrogens with zero attached hydrogens (tertiary/aromatic N) is 4. The van der Waals surface area contributed by atoms with Crippen molar-refractivity contribution in [2.45, 2.75) is 44.7 Å². The number of aliphatic carboxylic acids is 1. The smallest absolute Gasteiger partial charge is 0.313 e. The summed E-state index contributed by atoms with van der Waals surface area (Å²) in [5.74, 6) is -0.0353. The second-order valence-electron chi connectivity index (χ2n) is 8.88. The molecule has 4 rings (SSSR count). The molecule has 1 N–H and O–H groups in total. The van der Waals surface area contributed by atoms with Gasteiger partial charge in [-0.3, -0.25) is 4.79 Å². The van der Waals surface area contributed by atoms with Gasteiger partial charge in [0.25, 0.3) is 0 Å². The first-order valence-corrected chi connectivity index (χ1v) is 10.8. The monoisotopic (exact) mass is 422 g/mol. The van der Waals surface area contributed by atoms with Crippen LogP contribution in [-0.4, -0.2) is 57.7 Å². The molecule has 0 spiro atoms. The Morgan fingerprint density at radius 2 is 1.90 bits per heavy atom. The van der Waals surface area contributed by atoms with Crippen LogP contribution >= 0.6 is 0 Å². The summed E-state index contributed by atoms with van der Waals surface area (Å²) in [5.41, 5.74) is 0.412. The number of rotatable bonds is 8. The van der Waals surface area contributed by atoms with Gasteiger partial charge in [0.05, 0.1) is 12.2 Å². The Kier molecular flexibility index (Phi) is 5.96. The molecule has 3 aromatic rings. The summed E-state index contributed by atoms with van der Waals surface area (Å²) in [4.78, 5) is 13.9. The van der Waals surface area contributed by atoms with Crippen LogP contribution in [0.5, 0.6) is 5.75 Å². The van der Waals surface area contributed by atoms with Gasteiger partial charge >= 0.3 is 5.97 Å². The molecule has 1 aromatic heterocycles. The Morgan fingerprint density at radius 1 is 1.19 bits per heavy atom. The van der Waals surface area contributed by atoms with Crippen molar-refractivity contribution in [3.63, 3.8) is 0 Å². The van der Waals surface area contributed by atoms with Crippen LogP contribution in [0.25, 0.3) is 10.8 Å². The second kappa shape index (κ2) is 8.67. The average Bonchev–Trinajstić information content (AvgIpc) is 3.45. The molecule has 1 fully saturated rings. The molecule has 1 heterocycles. The summed E-state index contributed by atoms with van der Waals surface area (Å²) in [6.07, 6.45) is 6.88. The van der Waals surface area contributed by atoms with Crippen LogP contribution < -0.4 is 4.74 Å². The third-order valence-electron chi connectivity index (χ3n) is 6.70. The maximum absolute atomic E-state index is 11.8. The molecule has 31 heavy (non-hydrogen) atoms. The molecular weight excluding hydrogens is 392 g/mol. The molecule has 0 saturated heterocycles. The third-order valence-corrected chi connectivity index (χ3v) is 6.70. The van der Waals surface area contributed by atoms with Gasteiger partial charge in [-0.2, -0.15) is 0 Å². The SMILES string of the molecule is CC(C(c1ccc2cc(OCC3(C(=O)O)CCCC3)ccc2c1)n1ccnn1)N(C)C. The lowest BCUT2D eigenvalue weighted by Crippen LogP contribution is -2.35. The molecule has 0 bridgehead atoms. The van der Waals surface area contributed by atoms with E-state index in [2.05, 4.69) is 54.4 Å². The number of ether oxygens (including phenoxy) is 1. The number of aromatic nitrogens is 3. The highest BCUT2D eigenvalue weighted by Crippen LogP contribution is 2.39. The van der Waals surface area contributed by atoms with Crippen molar-refractivity contribution in [3.05, 3.63) is 54.4 Å². The molecule has 164 valence electrons. The Morgan fingerprint density at radius 3 is 2.55 bits per heavy atom. The molecule has 0 amide bonds. The van der Waals surface area contributed by atoms with E-state index in [0.29, 0.717) is 18.6 Å². The molecule has 7 heteroatoms. The van der Waals surface area contributed by atoms with E-state index in [1.807, 2.05) is 29.1 Å². The second-order valence-corrected chi connectivity index (χ2v) is 8.88. The normalized spacial score (nSPS) is 17.7. The van der Waals surface area contributed by atoms with Gasteiger partial charge < -0.3 is 14.7 Å². The molecule has 2 unspecified atom stereocenters. The zero-order chi connectivity index (χ0) is 22.0. The van der Waals surface area contributed by atoms with Gasteiger partial charge in [0.2, 0.25) is 0 Å². The van der Waals surface area contributed by atoms with Gasteiger partial charge in [-0.25, -0.2) is 4.68 Å². The van der Waals surface area contributed by atoms with Crippen LogP contribution in [-0.2, 0) is 4.79 Å². The number of hydrogen-bond acceptors (Lipinski definition) is 5. The van der Waals surface area contributed by atoms with Crippen LogP contribution in [0.3, 0.4) is 0 Å². The maximum Gasteiger partial charge on any atom is 0.313 e. The van der Waals surface area contributed by atoms with Crippen molar-refractivity contribution in [2.75, 3.05) is 20.7 Å². The number of carboxylic acids is 1. The molecule has 2 aromatic carbocycles. The minimum atomic E-state index is -0.746. The lowest BCUT2D eigenvalue weighted by Gasteiger charge is -2.29. The van der Waals surface area contributed by atoms with E-state index in [0.717, 1.165) is 29.2 Å². The minimum Gasteiger partial charge on any atom is -0.492 e. The lowest BCUT2D eigenvalue weighted by molar-refractivity contribution is -0.150. The first kappa shape index (κ1) is 21.3. The highest BCUT2D eigenvalue weighted by molar-refractivity contribution is 5.84. The lowest BCUT2D eigenvalue weighted by atomic mass is 9.87. The van der Waals surface area contributed by atoms with Gasteiger partial charge in [0, 0.05) is 12.2 Å². The highest BCUT2D eigenvalue weighted by atomic mass is 16.5. The van der Waals surface area contributed by atoms with Crippen molar-refractivity contribution < 1.29 is 14.6 Å². The summed E-state index contributed by atoms with van der Waals surface area (Å²) in [7, 11) is 4.13. The first-order valence-electron chi connectivity index (χ1n) is 10.8. The summed E-state index contributed by atoms with van der Waals surface area (Å²) in [6.45, 7) is 2.40. The molecule has 1 aliphatic carbocycles. The van der Waals surface area contributed by atoms with Crippen molar-refractivity contribution in [1.29, 1.82) is 0 Å². The van der Waals surface area contributed by atoms with Gasteiger partial charge in [-0.05, 0) is 68.4 Å². The summed E-state index contributed by atoms with van der Waals surface area (Å²) < 4.78 is 7.86. The number of likely N-dealkylation sites (N-methyl/N-ethyl adjacent to an activating group) is 1. The summed E-state index contributed by atoms with van der Waals surface area (Å²) >= 11 is 0. The predicted octanol–water partition coefficient (Wildman–Crippen LogP) is 3.99. The minimum absolute atomic E-state index is 0.0376. The van der Waals surface area contributed by atoms with E-state index >= 15 is 0 Å². The Balaban J connectivity index is 1.58. The molecule has 1 saturated carbocycles. The Hall–Kier alpha value is -2.93. The van der Waals surface area contributed by atoms with Crippen LogP contribution in [0.4, 0.5) is 0 Å². The molecule has 0 radical (unpaired) electrons. The van der Waals surface area contributed by atoms with E-state index in [1.165, 1.54) is 0 Å². The third kappa shape index (κ3) is 4.28. The maximum atomic E-state index is 11.8. The van der Waals surface area contributed by atoms with E-state index in [9.17, 15) is 9.90 Å². The van der Waals surface area contributed by atoms with Gasteiger partial charge in [0.15, 0.2) is 0 Å². The average molecular weight is 423 g/mol. The van der Waals surface area contributed by atoms with E-state index in [-0.39, 0.29) is 18.7 Å². The van der Waals surface area contributed by atoms with Crippen LogP contribution in [0.2, 0.25) is 0 Å². The van der Waals surface area contributed by atoms with E-state index in [4.69, 9.17) is 4.74 Å². The topological polar surface area (TPSA) is 80.5 Å². The van der Waals surface area contributed by atoms with Crippen molar-refractivity contribution in [1.82, 2.24) is 19.9 Å². The van der Waals surface area contributed by atoms with Crippen LogP contribution in [0, 0.1) is 5.41 Å². The van der Waals surface area contributed by atoms with Crippen LogP contribution in [0.15, 0.2) is 48.8 Å². The van der Waals surface area contributed by atoms with Crippen molar-refractivity contribution >= 4 is 16.7 Å². The van der Waals surface area contributed by atoms with Gasteiger partial charge in [0.1, 0.15) is 17.8 Å².